The number of benzene rings is 2. The minimum absolute atomic E-state index is 0.122. The van der Waals surface area contributed by atoms with Crippen LogP contribution >= 0.6 is 15.9 Å². The van der Waals surface area contributed by atoms with Crippen molar-refractivity contribution in [2.75, 3.05) is 6.61 Å². The van der Waals surface area contributed by atoms with E-state index in [4.69, 9.17) is 4.74 Å². The first kappa shape index (κ1) is 18.2. The number of carbonyl (C=O) groups is 2. The first-order valence-corrected chi connectivity index (χ1v) is 9.08. The Morgan fingerprint density at radius 1 is 1.15 bits per heavy atom. The molecule has 0 fully saturated rings. The SMILES string of the molecule is C[C@H](NC(=O)COC(=O)Cc1c[nH]c2ccccc12)c1ccccc1Br. The number of nitrogens with one attached hydrogen (secondary N) is 2. The lowest BCUT2D eigenvalue weighted by Gasteiger charge is -2.15. The number of rotatable bonds is 6. The standard InChI is InChI=1S/C20H19BrN2O3/c1-13(15-6-2-4-8-17(15)21)23-19(24)12-26-20(25)10-14-11-22-18-9-5-3-7-16(14)18/h2-9,11,13,22H,10,12H2,1H3,(H,23,24)/t13-/m0/s1. The lowest BCUT2D eigenvalue weighted by Crippen LogP contribution is -2.31. The molecule has 5 nitrogen and oxygen atoms in total. The van der Waals surface area contributed by atoms with E-state index in [2.05, 4.69) is 26.2 Å². The molecule has 0 radical (unpaired) electrons. The maximum Gasteiger partial charge on any atom is 0.310 e. The summed E-state index contributed by atoms with van der Waals surface area (Å²) in [5, 5.41) is 3.81. The van der Waals surface area contributed by atoms with Crippen molar-refractivity contribution in [1.82, 2.24) is 10.3 Å². The van der Waals surface area contributed by atoms with Crippen LogP contribution in [0.1, 0.15) is 24.1 Å². The number of carbonyl (C=O) groups excluding carboxylic acids is 2. The fourth-order valence-corrected chi connectivity index (χ4v) is 3.45. The van der Waals surface area contributed by atoms with Crippen LogP contribution in [0.15, 0.2) is 59.2 Å². The van der Waals surface area contributed by atoms with Crippen molar-refractivity contribution < 1.29 is 14.3 Å². The summed E-state index contributed by atoms with van der Waals surface area (Å²) in [5.41, 5.74) is 2.79. The number of hydrogen-bond donors (Lipinski definition) is 2. The van der Waals surface area contributed by atoms with Gasteiger partial charge in [-0.1, -0.05) is 52.3 Å². The van der Waals surface area contributed by atoms with E-state index in [1.165, 1.54) is 0 Å². The summed E-state index contributed by atoms with van der Waals surface area (Å²) in [7, 11) is 0. The Hall–Kier alpha value is -2.60. The molecule has 6 heteroatoms. The van der Waals surface area contributed by atoms with Gasteiger partial charge in [-0.2, -0.15) is 0 Å². The first-order chi connectivity index (χ1) is 12.5. The molecule has 0 aliphatic rings. The average molecular weight is 415 g/mol. The highest BCUT2D eigenvalue weighted by Crippen LogP contribution is 2.22. The van der Waals surface area contributed by atoms with Crippen LogP contribution in [-0.2, 0) is 20.7 Å². The molecule has 0 aliphatic heterocycles. The van der Waals surface area contributed by atoms with Gasteiger partial charge in [0.2, 0.25) is 0 Å². The zero-order valence-electron chi connectivity index (χ0n) is 14.3. The molecule has 0 saturated heterocycles. The molecular formula is C20H19BrN2O3. The molecule has 3 aromatic rings. The summed E-state index contributed by atoms with van der Waals surface area (Å²) < 4.78 is 6.04. The third kappa shape index (κ3) is 4.32. The minimum atomic E-state index is -0.432. The average Bonchev–Trinajstić information content (AvgIpc) is 3.03. The summed E-state index contributed by atoms with van der Waals surface area (Å²) in [5.74, 6) is -0.765. The highest BCUT2D eigenvalue weighted by Gasteiger charge is 2.15. The van der Waals surface area contributed by atoms with Crippen molar-refractivity contribution in [3.63, 3.8) is 0 Å². The van der Waals surface area contributed by atoms with Gasteiger partial charge in [0.25, 0.3) is 5.91 Å². The van der Waals surface area contributed by atoms with Crippen LogP contribution in [-0.4, -0.2) is 23.5 Å². The topological polar surface area (TPSA) is 71.2 Å². The van der Waals surface area contributed by atoms with Crippen LogP contribution < -0.4 is 5.32 Å². The summed E-state index contributed by atoms with van der Waals surface area (Å²) in [4.78, 5) is 27.2. The number of hydrogen-bond acceptors (Lipinski definition) is 3. The molecule has 0 unspecified atom stereocenters. The Morgan fingerprint density at radius 3 is 2.69 bits per heavy atom. The van der Waals surface area contributed by atoms with Crippen molar-refractivity contribution in [2.24, 2.45) is 0 Å². The van der Waals surface area contributed by atoms with Gasteiger partial charge in [0.05, 0.1) is 12.5 Å². The number of aromatic nitrogens is 1. The minimum Gasteiger partial charge on any atom is -0.455 e. The quantitative estimate of drug-likeness (QED) is 0.600. The molecular weight excluding hydrogens is 396 g/mol. The molecule has 26 heavy (non-hydrogen) atoms. The third-order valence-electron chi connectivity index (χ3n) is 4.12. The van der Waals surface area contributed by atoms with E-state index < -0.39 is 5.97 Å². The lowest BCUT2D eigenvalue weighted by molar-refractivity contribution is -0.148. The van der Waals surface area contributed by atoms with Crippen LogP contribution in [0.25, 0.3) is 10.9 Å². The molecule has 0 aliphatic carbocycles. The van der Waals surface area contributed by atoms with Crippen LogP contribution in [0.2, 0.25) is 0 Å². The van der Waals surface area contributed by atoms with Gasteiger partial charge < -0.3 is 15.0 Å². The third-order valence-corrected chi connectivity index (χ3v) is 4.85. The van der Waals surface area contributed by atoms with E-state index in [0.29, 0.717) is 0 Å². The molecule has 3 rings (SSSR count). The van der Waals surface area contributed by atoms with Gasteiger partial charge in [0, 0.05) is 21.6 Å². The second-order valence-corrected chi connectivity index (χ2v) is 6.86. The molecule has 2 N–H and O–H groups in total. The molecule has 134 valence electrons. The van der Waals surface area contributed by atoms with Crippen molar-refractivity contribution in [3.8, 4) is 0 Å². The predicted molar refractivity (Wildman–Crippen MR) is 104 cm³/mol. The Morgan fingerprint density at radius 2 is 1.88 bits per heavy atom. The molecule has 1 amide bonds. The second-order valence-electron chi connectivity index (χ2n) is 6.01. The molecule has 1 atom stereocenters. The normalized spacial score (nSPS) is 11.9. The van der Waals surface area contributed by atoms with Crippen molar-refractivity contribution in [1.29, 1.82) is 0 Å². The van der Waals surface area contributed by atoms with Crippen molar-refractivity contribution in [2.45, 2.75) is 19.4 Å². The maximum absolute atomic E-state index is 12.0. The Balaban J connectivity index is 1.51. The fraction of sp³-hybridized carbons (Fsp3) is 0.200. The summed E-state index contributed by atoms with van der Waals surface area (Å²) in [6.45, 7) is 1.59. The summed E-state index contributed by atoms with van der Waals surface area (Å²) in [6, 6.07) is 15.2. The van der Waals surface area contributed by atoms with E-state index in [1.54, 1.807) is 6.20 Å². The molecule has 1 heterocycles. The highest BCUT2D eigenvalue weighted by atomic mass is 79.9. The van der Waals surface area contributed by atoms with Gasteiger partial charge in [-0.15, -0.1) is 0 Å². The number of ether oxygens (including phenoxy) is 1. The van der Waals surface area contributed by atoms with Gasteiger partial charge >= 0.3 is 5.97 Å². The van der Waals surface area contributed by atoms with Gasteiger partial charge in [-0.05, 0) is 30.2 Å². The molecule has 1 aromatic heterocycles. The number of aromatic amines is 1. The van der Waals surface area contributed by atoms with E-state index in [0.717, 1.165) is 26.5 Å². The number of H-pyrrole nitrogens is 1. The van der Waals surface area contributed by atoms with Crippen LogP contribution in [0.4, 0.5) is 0 Å². The Bertz CT molecular complexity index is 935. The van der Waals surface area contributed by atoms with Crippen molar-refractivity contribution >= 4 is 38.7 Å². The largest absolute Gasteiger partial charge is 0.455 e. The predicted octanol–water partition coefficient (Wildman–Crippen LogP) is 3.89. The highest BCUT2D eigenvalue weighted by molar-refractivity contribution is 9.10. The monoisotopic (exact) mass is 414 g/mol. The van der Waals surface area contributed by atoms with Gasteiger partial charge in [0.15, 0.2) is 6.61 Å². The summed E-state index contributed by atoms with van der Waals surface area (Å²) in [6.07, 6.45) is 1.91. The Kier molecular flexibility index (Phi) is 5.73. The Labute approximate surface area is 159 Å². The number of halogens is 1. The van der Waals surface area contributed by atoms with E-state index in [1.807, 2.05) is 55.5 Å². The van der Waals surface area contributed by atoms with Crippen LogP contribution in [0.5, 0.6) is 0 Å². The van der Waals surface area contributed by atoms with Crippen molar-refractivity contribution in [3.05, 3.63) is 70.3 Å². The molecule has 0 bridgehead atoms. The van der Waals surface area contributed by atoms with E-state index >= 15 is 0 Å². The maximum atomic E-state index is 12.0. The lowest BCUT2D eigenvalue weighted by atomic mass is 10.1. The van der Waals surface area contributed by atoms with E-state index in [9.17, 15) is 9.59 Å². The summed E-state index contributed by atoms with van der Waals surface area (Å²) >= 11 is 3.46. The smallest absolute Gasteiger partial charge is 0.310 e. The number of fused-ring (bicyclic) bond motifs is 1. The number of esters is 1. The fourth-order valence-electron chi connectivity index (χ4n) is 2.82. The molecule has 2 aromatic carbocycles. The first-order valence-electron chi connectivity index (χ1n) is 8.29. The number of para-hydroxylation sites is 1. The van der Waals surface area contributed by atoms with E-state index in [-0.39, 0.29) is 25.0 Å². The van der Waals surface area contributed by atoms with Crippen LogP contribution in [0.3, 0.4) is 0 Å². The zero-order valence-corrected chi connectivity index (χ0v) is 15.9. The van der Waals surface area contributed by atoms with Gasteiger partial charge in [-0.3, -0.25) is 9.59 Å². The second kappa shape index (κ2) is 8.19. The van der Waals surface area contributed by atoms with Crippen LogP contribution in [0, 0.1) is 0 Å². The van der Waals surface area contributed by atoms with Gasteiger partial charge in [0.1, 0.15) is 0 Å². The molecule has 0 saturated carbocycles. The zero-order chi connectivity index (χ0) is 18.5. The van der Waals surface area contributed by atoms with Gasteiger partial charge in [-0.25, -0.2) is 0 Å². The number of amides is 1. The molecule has 0 spiro atoms.